The Balaban J connectivity index is 2.47. The lowest BCUT2D eigenvalue weighted by molar-refractivity contribution is -0.384. The molecule has 1 aromatic carbocycles. The van der Waals surface area contributed by atoms with E-state index in [0.717, 1.165) is 0 Å². The molecular formula is C12H12N8O3S2. The first-order valence-electron chi connectivity index (χ1n) is 6.56. The molecule has 1 aliphatic rings. The van der Waals surface area contributed by atoms with Crippen molar-refractivity contribution in [3.63, 3.8) is 0 Å². The van der Waals surface area contributed by atoms with E-state index in [1.807, 2.05) is 0 Å². The maximum absolute atomic E-state index is 11.0. The van der Waals surface area contributed by atoms with E-state index in [9.17, 15) is 10.1 Å². The molecule has 1 aromatic rings. The lowest BCUT2D eigenvalue weighted by atomic mass is 10.0. The van der Waals surface area contributed by atoms with Gasteiger partial charge in [0.05, 0.1) is 4.92 Å². The van der Waals surface area contributed by atoms with Crippen LogP contribution in [0.3, 0.4) is 0 Å². The number of hydrazone groups is 2. The van der Waals surface area contributed by atoms with Crippen LogP contribution in [0.1, 0.15) is 11.7 Å². The third kappa shape index (κ3) is 4.42. The molecule has 1 saturated heterocycles. The minimum atomic E-state index is -0.929. The molecule has 1 heterocycles. The van der Waals surface area contributed by atoms with Crippen molar-refractivity contribution in [3.8, 4) is 0 Å². The lowest BCUT2D eigenvalue weighted by Crippen LogP contribution is -2.31. The van der Waals surface area contributed by atoms with E-state index >= 15 is 0 Å². The van der Waals surface area contributed by atoms with Crippen molar-refractivity contribution in [2.45, 2.75) is 6.10 Å². The Labute approximate surface area is 151 Å². The van der Waals surface area contributed by atoms with Crippen LogP contribution in [0.2, 0.25) is 0 Å². The summed E-state index contributed by atoms with van der Waals surface area (Å²) in [7, 11) is 0. The molecule has 1 aliphatic heterocycles. The predicted molar refractivity (Wildman–Crippen MR) is 99.4 cm³/mol. The van der Waals surface area contributed by atoms with E-state index in [4.69, 9.17) is 33.8 Å². The number of thiocarbonyl (C=S) groups is 2. The number of nitro benzene ring substituents is 1. The van der Waals surface area contributed by atoms with Crippen LogP contribution in [0.15, 0.2) is 34.5 Å². The van der Waals surface area contributed by atoms with Crippen LogP contribution >= 0.6 is 24.4 Å². The van der Waals surface area contributed by atoms with Gasteiger partial charge in [-0.15, -0.1) is 0 Å². The predicted octanol–water partition coefficient (Wildman–Crippen LogP) is 0.0218. The molecule has 0 spiro atoms. The Morgan fingerprint density at radius 3 is 2.52 bits per heavy atom. The van der Waals surface area contributed by atoms with Gasteiger partial charge in [0, 0.05) is 17.7 Å². The zero-order chi connectivity index (χ0) is 18.6. The van der Waals surface area contributed by atoms with Crippen LogP contribution in [0, 0.1) is 15.5 Å². The van der Waals surface area contributed by atoms with Crippen molar-refractivity contribution in [2.75, 3.05) is 0 Å². The monoisotopic (exact) mass is 380 g/mol. The molecule has 1 atom stereocenters. The molecule has 0 aromatic heterocycles. The topological polar surface area (TPSA) is 177 Å². The Morgan fingerprint density at radius 2 is 1.92 bits per heavy atom. The Morgan fingerprint density at radius 1 is 1.28 bits per heavy atom. The average Bonchev–Trinajstić information content (AvgIpc) is 2.86. The van der Waals surface area contributed by atoms with Gasteiger partial charge >= 0.3 is 0 Å². The van der Waals surface area contributed by atoms with Crippen molar-refractivity contribution in [1.29, 1.82) is 5.41 Å². The van der Waals surface area contributed by atoms with Crippen molar-refractivity contribution < 1.29 is 9.66 Å². The summed E-state index contributed by atoms with van der Waals surface area (Å²) in [4.78, 5) is 10.4. The Kier molecular flexibility index (Phi) is 5.51. The summed E-state index contributed by atoms with van der Waals surface area (Å²) in [5.41, 5.74) is 15.8. The van der Waals surface area contributed by atoms with E-state index in [2.05, 4.69) is 33.3 Å². The second kappa shape index (κ2) is 7.59. The first-order chi connectivity index (χ1) is 11.8. The highest BCUT2D eigenvalue weighted by Crippen LogP contribution is 2.28. The maximum Gasteiger partial charge on any atom is 0.269 e. The summed E-state index contributed by atoms with van der Waals surface area (Å²) < 4.78 is 5.42. The molecule has 13 heteroatoms. The summed E-state index contributed by atoms with van der Waals surface area (Å²) in [6.45, 7) is 0. The quantitative estimate of drug-likeness (QED) is 0.274. The third-order valence-electron chi connectivity index (χ3n) is 2.89. The van der Waals surface area contributed by atoms with Gasteiger partial charge in [-0.2, -0.15) is 10.2 Å². The number of benzene rings is 1. The van der Waals surface area contributed by atoms with E-state index in [1.54, 1.807) is 6.07 Å². The van der Waals surface area contributed by atoms with Crippen LogP contribution in [-0.2, 0) is 4.74 Å². The maximum atomic E-state index is 11.0. The van der Waals surface area contributed by atoms with Gasteiger partial charge < -0.3 is 16.2 Å². The summed E-state index contributed by atoms with van der Waals surface area (Å²) >= 11 is 9.35. The number of nitrogens with zero attached hydrogens (tertiary/aromatic N) is 3. The van der Waals surface area contributed by atoms with Gasteiger partial charge in [0.1, 0.15) is 5.71 Å². The van der Waals surface area contributed by atoms with Gasteiger partial charge in [-0.1, -0.05) is 12.1 Å². The number of rotatable bonds is 4. The number of hydrogen-bond donors (Lipinski definition) is 5. The van der Waals surface area contributed by atoms with Gasteiger partial charge in [0.2, 0.25) is 5.90 Å². The smallest absolute Gasteiger partial charge is 0.269 e. The normalized spacial score (nSPS) is 19.5. The SMILES string of the molecule is N=C1OC(c2cccc([N+](=O)[O-])c2)C(=NNC(N)=S)C1=NNC(N)=S. The first kappa shape index (κ1) is 18.2. The minimum absolute atomic E-state index is 0.00643. The van der Waals surface area contributed by atoms with Crippen molar-refractivity contribution in [3.05, 3.63) is 39.9 Å². The molecule has 0 amide bonds. The molecular weight excluding hydrogens is 368 g/mol. The fraction of sp³-hybridized carbons (Fsp3) is 0.0833. The number of non-ortho nitro benzene ring substituents is 1. The van der Waals surface area contributed by atoms with Gasteiger partial charge in [-0.25, -0.2) is 0 Å². The second-order valence-corrected chi connectivity index (χ2v) is 5.47. The van der Waals surface area contributed by atoms with E-state index < -0.39 is 11.0 Å². The molecule has 7 N–H and O–H groups in total. The highest BCUT2D eigenvalue weighted by molar-refractivity contribution is 7.80. The molecule has 1 unspecified atom stereocenters. The molecule has 2 rings (SSSR count). The average molecular weight is 380 g/mol. The summed E-state index contributed by atoms with van der Waals surface area (Å²) in [5.74, 6) is -0.330. The third-order valence-corrected chi connectivity index (χ3v) is 3.07. The zero-order valence-electron chi connectivity index (χ0n) is 12.4. The van der Waals surface area contributed by atoms with Crippen LogP contribution in [0.25, 0.3) is 0 Å². The Hall–Kier alpha value is -3.19. The number of nitrogens with one attached hydrogen (secondary N) is 3. The summed E-state index contributed by atoms with van der Waals surface area (Å²) in [6.07, 6.45) is -0.929. The molecule has 130 valence electrons. The molecule has 0 aliphatic carbocycles. The fourth-order valence-electron chi connectivity index (χ4n) is 1.94. The summed E-state index contributed by atoms with van der Waals surface area (Å²) in [6, 6.07) is 5.71. The van der Waals surface area contributed by atoms with Gasteiger partial charge in [-0.3, -0.25) is 26.4 Å². The first-order valence-corrected chi connectivity index (χ1v) is 7.37. The molecule has 11 nitrogen and oxygen atoms in total. The molecule has 25 heavy (non-hydrogen) atoms. The second-order valence-electron chi connectivity index (χ2n) is 4.59. The number of hydrogen-bond acceptors (Lipinski definition) is 8. The van der Waals surface area contributed by atoms with Gasteiger partial charge in [-0.05, 0) is 24.4 Å². The van der Waals surface area contributed by atoms with Crippen molar-refractivity contribution in [1.82, 2.24) is 10.9 Å². The summed E-state index contributed by atoms with van der Waals surface area (Å²) in [5, 5.41) is 26.4. The van der Waals surface area contributed by atoms with Gasteiger partial charge in [0.15, 0.2) is 22.0 Å². The highest BCUT2D eigenvalue weighted by atomic mass is 32.1. The Bertz CT molecular complexity index is 822. The van der Waals surface area contributed by atoms with Gasteiger partial charge in [0.25, 0.3) is 5.69 Å². The van der Waals surface area contributed by atoms with Crippen LogP contribution in [-0.4, -0.2) is 32.5 Å². The van der Waals surface area contributed by atoms with E-state index in [1.165, 1.54) is 18.2 Å². The lowest BCUT2D eigenvalue weighted by Gasteiger charge is -2.10. The van der Waals surface area contributed by atoms with E-state index in [0.29, 0.717) is 5.56 Å². The standard InChI is InChI=1S/C12H12N8O3S2/c13-10-8(17-19-12(15)25)7(16-18-11(14)24)9(23-10)5-2-1-3-6(4-5)20(21)22/h1-4,9,13H,(H3,14,18,24)(H3,15,19,25). The zero-order valence-corrected chi connectivity index (χ0v) is 14.1. The number of nitrogens with two attached hydrogens (primary N) is 2. The highest BCUT2D eigenvalue weighted by Gasteiger charge is 2.38. The van der Waals surface area contributed by atoms with Crippen LogP contribution in [0.5, 0.6) is 0 Å². The minimum Gasteiger partial charge on any atom is -0.461 e. The fourth-order valence-corrected chi connectivity index (χ4v) is 2.03. The number of ether oxygens (including phenoxy) is 1. The molecule has 0 saturated carbocycles. The van der Waals surface area contributed by atoms with Crippen molar-refractivity contribution in [2.24, 2.45) is 21.7 Å². The number of nitro groups is 1. The van der Waals surface area contributed by atoms with Crippen LogP contribution in [0.4, 0.5) is 5.69 Å². The molecule has 0 bridgehead atoms. The van der Waals surface area contributed by atoms with Crippen LogP contribution < -0.4 is 22.3 Å². The largest absolute Gasteiger partial charge is 0.461 e. The molecule has 0 radical (unpaired) electrons. The molecule has 1 fully saturated rings. The van der Waals surface area contributed by atoms with Crippen molar-refractivity contribution >= 4 is 57.7 Å². The van der Waals surface area contributed by atoms with E-state index in [-0.39, 0.29) is 33.2 Å².